The molecule has 0 saturated heterocycles. The van der Waals surface area contributed by atoms with Gasteiger partial charge in [0.2, 0.25) is 10.0 Å². The third kappa shape index (κ3) is 7.61. The second-order valence-corrected chi connectivity index (χ2v) is 11.5. The summed E-state index contributed by atoms with van der Waals surface area (Å²) in [5, 5.41) is 12.8. The number of H-pyrrole nitrogens is 1. The largest absolute Gasteiger partial charge is 0.507 e. The van der Waals surface area contributed by atoms with Crippen molar-refractivity contribution in [2.45, 2.75) is 12.0 Å². The summed E-state index contributed by atoms with van der Waals surface area (Å²) in [7, 11) is -3.73. The molecule has 10 nitrogen and oxygen atoms in total. The first-order chi connectivity index (χ1) is 20.7. The van der Waals surface area contributed by atoms with Crippen LogP contribution < -0.4 is 14.8 Å². The van der Waals surface area contributed by atoms with E-state index in [1.807, 2.05) is 24.3 Å². The highest BCUT2D eigenvalue weighted by molar-refractivity contribution is 7.88. The van der Waals surface area contributed by atoms with Crippen molar-refractivity contribution in [3.8, 4) is 28.5 Å². The molecule has 12 heteroatoms. The van der Waals surface area contributed by atoms with Gasteiger partial charge in [0.1, 0.15) is 23.1 Å². The summed E-state index contributed by atoms with van der Waals surface area (Å²) in [5.74, 6) is -0.736. The van der Waals surface area contributed by atoms with Crippen molar-refractivity contribution in [3.63, 3.8) is 0 Å². The Balaban J connectivity index is 1.43. The van der Waals surface area contributed by atoms with Crippen LogP contribution >= 0.6 is 0 Å². The molecule has 4 N–H and O–H groups in total. The van der Waals surface area contributed by atoms with Gasteiger partial charge in [-0.25, -0.2) is 22.5 Å². The van der Waals surface area contributed by atoms with Crippen LogP contribution in [0.4, 0.5) is 4.39 Å². The zero-order valence-corrected chi connectivity index (χ0v) is 23.8. The zero-order valence-electron chi connectivity index (χ0n) is 22.9. The number of aromatic amines is 1. The summed E-state index contributed by atoms with van der Waals surface area (Å²) >= 11 is 0. The molecule has 0 radical (unpaired) electrons. The molecule has 2 heterocycles. The van der Waals surface area contributed by atoms with Crippen LogP contribution in [-0.4, -0.2) is 53.2 Å². The van der Waals surface area contributed by atoms with E-state index >= 15 is 0 Å². The Bertz CT molecular complexity index is 1800. The molecule has 5 rings (SSSR count). The van der Waals surface area contributed by atoms with E-state index in [4.69, 9.17) is 9.72 Å². The highest BCUT2D eigenvalue weighted by Gasteiger charge is 2.31. The first-order valence-electron chi connectivity index (χ1n) is 13.2. The third-order valence-electron chi connectivity index (χ3n) is 6.54. The second-order valence-electron chi connectivity index (χ2n) is 9.74. The fraction of sp³-hybridized carbons (Fsp3) is 0.129. The minimum absolute atomic E-state index is 0.0608. The molecule has 5 aromatic rings. The Morgan fingerprint density at radius 1 is 0.977 bits per heavy atom. The fourth-order valence-corrected chi connectivity index (χ4v) is 5.37. The molecule has 1 amide bonds. The molecule has 0 aliphatic rings. The Morgan fingerprint density at radius 3 is 2.33 bits per heavy atom. The van der Waals surface area contributed by atoms with Gasteiger partial charge in [-0.05, 0) is 72.8 Å². The van der Waals surface area contributed by atoms with Crippen LogP contribution in [-0.2, 0) is 10.0 Å². The number of aromatic nitrogens is 3. The molecule has 2 atom stereocenters. The number of nitrogens with zero attached hydrogens (tertiary/aromatic N) is 2. The molecule has 2 unspecified atom stereocenters. The molecule has 0 bridgehead atoms. The van der Waals surface area contributed by atoms with Crippen LogP contribution in [0.3, 0.4) is 0 Å². The van der Waals surface area contributed by atoms with Crippen molar-refractivity contribution < 1.29 is 27.4 Å². The number of imidazole rings is 1. The van der Waals surface area contributed by atoms with E-state index in [0.29, 0.717) is 28.6 Å². The topological polar surface area (TPSA) is 146 Å². The lowest BCUT2D eigenvalue weighted by molar-refractivity contribution is 0.0946. The normalized spacial score (nSPS) is 12.8. The molecule has 0 spiro atoms. The first-order valence-corrected chi connectivity index (χ1v) is 15.1. The number of para-hydroxylation sites is 1. The summed E-state index contributed by atoms with van der Waals surface area (Å²) < 4.78 is 46.5. The SMILES string of the molecule is CS(=O)(=O)NC(CNC(=O)c1ccccc1O)C(c1cccc(-c2ccc(Oc3ccc(F)cc3)cc2)n1)c1cnc[nH]1. The number of aromatic hydroxyl groups is 1. The van der Waals surface area contributed by atoms with Gasteiger partial charge in [-0.2, -0.15) is 0 Å². The summed E-state index contributed by atoms with van der Waals surface area (Å²) in [6.45, 7) is -0.120. The van der Waals surface area contributed by atoms with Crippen LogP contribution in [0.2, 0.25) is 0 Å². The highest BCUT2D eigenvalue weighted by atomic mass is 32.2. The van der Waals surface area contributed by atoms with Gasteiger partial charge in [0, 0.05) is 24.0 Å². The van der Waals surface area contributed by atoms with Crippen LogP contribution in [0.15, 0.2) is 104 Å². The lowest BCUT2D eigenvalue weighted by atomic mass is 9.92. The summed E-state index contributed by atoms with van der Waals surface area (Å²) in [6, 6.07) is 23.5. The predicted molar refractivity (Wildman–Crippen MR) is 159 cm³/mol. The maximum atomic E-state index is 13.2. The molecule has 0 aliphatic heterocycles. The number of carbonyl (C=O) groups excluding carboxylic acids is 1. The average Bonchev–Trinajstić information content (AvgIpc) is 3.51. The van der Waals surface area contributed by atoms with Crippen molar-refractivity contribution in [1.29, 1.82) is 0 Å². The van der Waals surface area contributed by atoms with Crippen LogP contribution in [0.25, 0.3) is 11.3 Å². The van der Waals surface area contributed by atoms with Crippen molar-refractivity contribution in [2.24, 2.45) is 0 Å². The molecule has 220 valence electrons. The molecule has 0 fully saturated rings. The van der Waals surface area contributed by atoms with E-state index in [0.717, 1.165) is 11.8 Å². The number of hydrogen-bond acceptors (Lipinski definition) is 7. The number of sulfonamides is 1. The first kappa shape index (κ1) is 29.4. The van der Waals surface area contributed by atoms with Gasteiger partial charge in [0.15, 0.2) is 0 Å². The van der Waals surface area contributed by atoms with Crippen LogP contribution in [0.5, 0.6) is 17.2 Å². The summed E-state index contributed by atoms with van der Waals surface area (Å²) in [4.78, 5) is 24.9. The van der Waals surface area contributed by atoms with E-state index in [1.54, 1.807) is 36.5 Å². The average molecular weight is 602 g/mol. The maximum absolute atomic E-state index is 13.2. The number of benzene rings is 3. The standard InChI is InChI=1S/C31H28FN5O5S/c1-43(40,41)37-28(18-34-31(39)24-5-2-3-8-29(24)38)30(27-17-33-19-35-27)26-7-4-6-25(36-26)20-9-13-22(14-10-20)42-23-15-11-21(32)12-16-23/h2-17,19,28,30,37-38H,18H2,1H3,(H,33,35)(H,34,39). The minimum atomic E-state index is -3.73. The van der Waals surface area contributed by atoms with E-state index in [-0.39, 0.29) is 23.7 Å². The van der Waals surface area contributed by atoms with E-state index in [1.165, 1.54) is 42.7 Å². The van der Waals surface area contributed by atoms with Gasteiger partial charge >= 0.3 is 0 Å². The summed E-state index contributed by atoms with van der Waals surface area (Å²) in [5.41, 5.74) is 2.55. The number of ether oxygens (including phenoxy) is 1. The molecule has 43 heavy (non-hydrogen) atoms. The Morgan fingerprint density at radius 2 is 1.67 bits per heavy atom. The highest BCUT2D eigenvalue weighted by Crippen LogP contribution is 2.30. The lowest BCUT2D eigenvalue weighted by Gasteiger charge is -2.27. The number of hydrogen-bond donors (Lipinski definition) is 4. The van der Waals surface area contributed by atoms with Crippen LogP contribution in [0.1, 0.15) is 27.7 Å². The van der Waals surface area contributed by atoms with Gasteiger partial charge in [0.25, 0.3) is 5.91 Å². The zero-order chi connectivity index (χ0) is 30.4. The van der Waals surface area contributed by atoms with E-state index in [9.17, 15) is 22.7 Å². The maximum Gasteiger partial charge on any atom is 0.255 e. The molecule has 0 aliphatic carbocycles. The molecule has 3 aromatic carbocycles. The number of amides is 1. The summed E-state index contributed by atoms with van der Waals surface area (Å²) in [6.07, 6.45) is 4.08. The van der Waals surface area contributed by atoms with E-state index < -0.39 is 27.9 Å². The minimum Gasteiger partial charge on any atom is -0.507 e. The second kappa shape index (κ2) is 12.8. The molecule has 2 aromatic heterocycles. The van der Waals surface area contributed by atoms with Gasteiger partial charge in [-0.1, -0.05) is 18.2 Å². The monoisotopic (exact) mass is 601 g/mol. The van der Waals surface area contributed by atoms with E-state index in [2.05, 4.69) is 20.0 Å². The lowest BCUT2D eigenvalue weighted by Crippen LogP contribution is -2.47. The third-order valence-corrected chi connectivity index (χ3v) is 7.27. The van der Waals surface area contributed by atoms with Gasteiger partial charge in [-0.3, -0.25) is 9.78 Å². The van der Waals surface area contributed by atoms with Gasteiger partial charge < -0.3 is 20.1 Å². The quantitative estimate of drug-likeness (QED) is 0.173. The van der Waals surface area contributed by atoms with Gasteiger partial charge in [-0.15, -0.1) is 0 Å². The number of nitrogens with one attached hydrogen (secondary N) is 3. The fourth-order valence-electron chi connectivity index (χ4n) is 4.60. The number of phenols is 1. The Labute approximate surface area is 247 Å². The van der Waals surface area contributed by atoms with Crippen molar-refractivity contribution >= 4 is 15.9 Å². The molecular weight excluding hydrogens is 573 g/mol. The predicted octanol–water partition coefficient (Wildman–Crippen LogP) is 4.59. The Hall–Kier alpha value is -5.07. The van der Waals surface area contributed by atoms with Gasteiger partial charge in [0.05, 0.1) is 41.5 Å². The van der Waals surface area contributed by atoms with Crippen molar-refractivity contribution in [2.75, 3.05) is 12.8 Å². The number of phenolic OH excluding ortho intramolecular Hbond substituents is 1. The number of pyridine rings is 1. The van der Waals surface area contributed by atoms with Crippen molar-refractivity contribution in [1.82, 2.24) is 25.0 Å². The van der Waals surface area contributed by atoms with Crippen molar-refractivity contribution in [3.05, 3.63) is 126 Å². The smallest absolute Gasteiger partial charge is 0.255 e. The number of carbonyl (C=O) groups is 1. The number of halogens is 1. The van der Waals surface area contributed by atoms with Crippen LogP contribution in [0, 0.1) is 5.82 Å². The number of rotatable bonds is 11. The Kier molecular flexibility index (Phi) is 8.79. The molecule has 0 saturated carbocycles. The molecular formula is C31H28FN5O5S.